The highest BCUT2D eigenvalue weighted by Gasteiger charge is 2.17. The van der Waals surface area contributed by atoms with Gasteiger partial charge in [0.05, 0.1) is 17.1 Å². The fourth-order valence-electron chi connectivity index (χ4n) is 2.14. The predicted octanol–water partition coefficient (Wildman–Crippen LogP) is 3.66. The van der Waals surface area contributed by atoms with E-state index in [-0.39, 0.29) is 12.5 Å². The quantitative estimate of drug-likeness (QED) is 0.733. The van der Waals surface area contributed by atoms with Gasteiger partial charge in [-0.2, -0.15) is 4.98 Å². The molecule has 2 aromatic carbocycles. The van der Waals surface area contributed by atoms with E-state index in [9.17, 15) is 4.79 Å². The lowest BCUT2D eigenvalue weighted by atomic mass is 10.2. The molecule has 3 rings (SSSR count). The summed E-state index contributed by atoms with van der Waals surface area (Å²) in [7, 11) is 1.66. The van der Waals surface area contributed by atoms with Gasteiger partial charge in [0.25, 0.3) is 5.91 Å². The summed E-state index contributed by atoms with van der Waals surface area (Å²) in [5.41, 5.74) is 1.31. The molecule has 0 aliphatic rings. The molecule has 5 nitrogen and oxygen atoms in total. The van der Waals surface area contributed by atoms with Crippen LogP contribution in [0.3, 0.4) is 0 Å². The van der Waals surface area contributed by atoms with Crippen LogP contribution in [0.4, 0.5) is 0 Å². The van der Waals surface area contributed by atoms with Crippen LogP contribution in [0.1, 0.15) is 16.2 Å². The SMILES string of the molecule is CN(Cc1nc(-c2ccccc2)no1)C(=O)c1ccccc1Cl. The number of halogens is 1. The topological polar surface area (TPSA) is 59.2 Å². The molecule has 1 amide bonds. The number of benzene rings is 2. The summed E-state index contributed by atoms with van der Waals surface area (Å²) in [6.45, 7) is 0.212. The Hall–Kier alpha value is -2.66. The third-order valence-electron chi connectivity index (χ3n) is 3.32. The first-order valence-electron chi connectivity index (χ1n) is 7.03. The second-order valence-corrected chi connectivity index (χ2v) is 5.43. The number of carbonyl (C=O) groups excluding carboxylic acids is 1. The van der Waals surface area contributed by atoms with Crippen LogP contribution in [0.5, 0.6) is 0 Å². The Bertz CT molecular complexity index is 817. The summed E-state index contributed by atoms with van der Waals surface area (Å²) in [5, 5.41) is 4.36. The van der Waals surface area contributed by atoms with Crippen LogP contribution >= 0.6 is 11.6 Å². The molecule has 0 saturated heterocycles. The Kier molecular flexibility index (Phi) is 4.39. The van der Waals surface area contributed by atoms with Crippen molar-refractivity contribution in [3.8, 4) is 11.4 Å². The molecular formula is C17H14ClN3O2. The largest absolute Gasteiger partial charge is 0.337 e. The second kappa shape index (κ2) is 6.62. The normalized spacial score (nSPS) is 10.5. The van der Waals surface area contributed by atoms with Gasteiger partial charge in [0, 0.05) is 12.6 Å². The molecule has 0 atom stereocenters. The average Bonchev–Trinajstić information content (AvgIpc) is 3.04. The van der Waals surface area contributed by atoms with Gasteiger partial charge in [0.2, 0.25) is 11.7 Å². The molecule has 0 spiro atoms. The Morgan fingerprint density at radius 1 is 1.13 bits per heavy atom. The molecular weight excluding hydrogens is 314 g/mol. The maximum Gasteiger partial charge on any atom is 0.255 e. The zero-order valence-corrected chi connectivity index (χ0v) is 13.2. The average molecular weight is 328 g/mol. The molecule has 0 radical (unpaired) electrons. The van der Waals surface area contributed by atoms with Crippen molar-refractivity contribution < 1.29 is 9.32 Å². The third-order valence-corrected chi connectivity index (χ3v) is 3.65. The highest BCUT2D eigenvalue weighted by Crippen LogP contribution is 2.19. The van der Waals surface area contributed by atoms with Gasteiger partial charge in [-0.25, -0.2) is 0 Å². The molecule has 23 heavy (non-hydrogen) atoms. The van der Waals surface area contributed by atoms with Gasteiger partial charge >= 0.3 is 0 Å². The van der Waals surface area contributed by atoms with E-state index in [0.717, 1.165) is 5.56 Å². The predicted molar refractivity (Wildman–Crippen MR) is 87.0 cm³/mol. The van der Waals surface area contributed by atoms with E-state index in [1.54, 1.807) is 31.3 Å². The number of hydrogen-bond acceptors (Lipinski definition) is 4. The number of nitrogens with zero attached hydrogens (tertiary/aromatic N) is 3. The summed E-state index contributed by atoms with van der Waals surface area (Å²) in [6.07, 6.45) is 0. The van der Waals surface area contributed by atoms with Crippen molar-refractivity contribution in [2.75, 3.05) is 7.05 Å². The Morgan fingerprint density at radius 3 is 2.57 bits per heavy atom. The standard InChI is InChI=1S/C17H14ClN3O2/c1-21(17(22)13-9-5-6-10-14(13)18)11-15-19-16(20-23-15)12-7-3-2-4-8-12/h2-10H,11H2,1H3. The van der Waals surface area contributed by atoms with E-state index in [0.29, 0.717) is 22.3 Å². The molecule has 0 aliphatic carbocycles. The van der Waals surface area contributed by atoms with Gasteiger partial charge in [-0.05, 0) is 12.1 Å². The van der Waals surface area contributed by atoms with Gasteiger partial charge in [-0.1, -0.05) is 59.2 Å². The lowest BCUT2D eigenvalue weighted by Crippen LogP contribution is -2.26. The summed E-state index contributed by atoms with van der Waals surface area (Å²) in [6, 6.07) is 16.4. The molecule has 0 unspecified atom stereocenters. The minimum absolute atomic E-state index is 0.199. The molecule has 0 N–H and O–H groups in total. The molecule has 3 aromatic rings. The smallest absolute Gasteiger partial charge is 0.255 e. The van der Waals surface area contributed by atoms with E-state index in [1.165, 1.54) is 4.90 Å². The minimum atomic E-state index is -0.199. The highest BCUT2D eigenvalue weighted by molar-refractivity contribution is 6.33. The number of rotatable bonds is 4. The Morgan fingerprint density at radius 2 is 1.83 bits per heavy atom. The first-order chi connectivity index (χ1) is 11.1. The number of carbonyl (C=O) groups is 1. The van der Waals surface area contributed by atoms with E-state index in [2.05, 4.69) is 10.1 Å². The summed E-state index contributed by atoms with van der Waals surface area (Å²) < 4.78 is 5.22. The van der Waals surface area contributed by atoms with Crippen LogP contribution in [0.15, 0.2) is 59.1 Å². The van der Waals surface area contributed by atoms with E-state index < -0.39 is 0 Å². The molecule has 0 bridgehead atoms. The molecule has 1 heterocycles. The van der Waals surface area contributed by atoms with E-state index >= 15 is 0 Å². The molecule has 6 heteroatoms. The van der Waals surface area contributed by atoms with Crippen LogP contribution in [0, 0.1) is 0 Å². The molecule has 0 saturated carbocycles. The number of aromatic nitrogens is 2. The minimum Gasteiger partial charge on any atom is -0.337 e. The van der Waals surface area contributed by atoms with E-state index in [1.807, 2.05) is 30.3 Å². The highest BCUT2D eigenvalue weighted by atomic mass is 35.5. The first kappa shape index (κ1) is 15.2. The molecule has 0 aliphatic heterocycles. The van der Waals surface area contributed by atoms with Crippen LogP contribution in [0.25, 0.3) is 11.4 Å². The fraction of sp³-hybridized carbons (Fsp3) is 0.118. The molecule has 0 fully saturated rings. The van der Waals surface area contributed by atoms with Gasteiger partial charge in [-0.15, -0.1) is 0 Å². The lowest BCUT2D eigenvalue weighted by molar-refractivity contribution is 0.0770. The van der Waals surface area contributed by atoms with Crippen LogP contribution in [-0.4, -0.2) is 28.0 Å². The zero-order chi connectivity index (χ0) is 16.2. The number of amides is 1. The third kappa shape index (κ3) is 3.40. The second-order valence-electron chi connectivity index (χ2n) is 5.02. The Balaban J connectivity index is 1.74. The molecule has 116 valence electrons. The van der Waals surface area contributed by atoms with Crippen LogP contribution in [-0.2, 0) is 6.54 Å². The molecule has 1 aromatic heterocycles. The fourth-order valence-corrected chi connectivity index (χ4v) is 2.36. The van der Waals surface area contributed by atoms with Crippen molar-refractivity contribution in [3.63, 3.8) is 0 Å². The summed E-state index contributed by atoms with van der Waals surface area (Å²) in [5.74, 6) is 0.668. The van der Waals surface area contributed by atoms with Gasteiger partial charge in [-0.3, -0.25) is 4.79 Å². The van der Waals surface area contributed by atoms with Crippen LogP contribution < -0.4 is 0 Å². The summed E-state index contributed by atoms with van der Waals surface area (Å²) in [4.78, 5) is 18.2. The summed E-state index contributed by atoms with van der Waals surface area (Å²) >= 11 is 6.05. The van der Waals surface area contributed by atoms with Gasteiger partial charge < -0.3 is 9.42 Å². The maximum absolute atomic E-state index is 12.4. The monoisotopic (exact) mass is 327 g/mol. The first-order valence-corrected chi connectivity index (χ1v) is 7.41. The van der Waals surface area contributed by atoms with Crippen molar-refractivity contribution in [3.05, 3.63) is 71.1 Å². The van der Waals surface area contributed by atoms with Crippen molar-refractivity contribution >= 4 is 17.5 Å². The Labute approximate surface area is 138 Å². The zero-order valence-electron chi connectivity index (χ0n) is 12.4. The van der Waals surface area contributed by atoms with Crippen molar-refractivity contribution in [1.82, 2.24) is 15.0 Å². The van der Waals surface area contributed by atoms with Crippen LogP contribution in [0.2, 0.25) is 5.02 Å². The van der Waals surface area contributed by atoms with Gasteiger partial charge in [0.15, 0.2) is 0 Å². The lowest BCUT2D eigenvalue weighted by Gasteiger charge is -2.15. The maximum atomic E-state index is 12.4. The number of hydrogen-bond donors (Lipinski definition) is 0. The van der Waals surface area contributed by atoms with Crippen molar-refractivity contribution in [2.24, 2.45) is 0 Å². The van der Waals surface area contributed by atoms with Gasteiger partial charge in [0.1, 0.15) is 0 Å². The van der Waals surface area contributed by atoms with Crippen molar-refractivity contribution in [2.45, 2.75) is 6.54 Å². The van der Waals surface area contributed by atoms with Crippen molar-refractivity contribution in [1.29, 1.82) is 0 Å². The van der Waals surface area contributed by atoms with E-state index in [4.69, 9.17) is 16.1 Å².